The van der Waals surface area contributed by atoms with Crippen LogP contribution in [0.5, 0.6) is 5.75 Å². The molecule has 0 aliphatic heterocycles. The summed E-state index contributed by atoms with van der Waals surface area (Å²) >= 11 is 0. The molecule has 0 aromatic heterocycles. The lowest BCUT2D eigenvalue weighted by atomic mass is 10.1. The van der Waals surface area contributed by atoms with Gasteiger partial charge in [-0.3, -0.25) is 9.52 Å². The van der Waals surface area contributed by atoms with Gasteiger partial charge in [0.2, 0.25) is 0 Å². The second-order valence-electron chi connectivity index (χ2n) is 7.25. The maximum absolute atomic E-state index is 12.8. The van der Waals surface area contributed by atoms with Gasteiger partial charge in [-0.15, -0.1) is 0 Å². The van der Waals surface area contributed by atoms with Crippen LogP contribution in [0.15, 0.2) is 47.4 Å². The first kappa shape index (κ1) is 21.0. The zero-order valence-electron chi connectivity index (χ0n) is 16.5. The van der Waals surface area contributed by atoms with Crippen molar-refractivity contribution < 1.29 is 17.9 Å². The average Bonchev–Trinajstić information content (AvgIpc) is 2.97. The van der Waals surface area contributed by atoms with E-state index in [1.807, 2.05) is 0 Å². The predicted octanol–water partition coefficient (Wildman–Crippen LogP) is 3.53. The number of nitrogens with two attached hydrogens (primary N) is 1. The van der Waals surface area contributed by atoms with E-state index in [2.05, 4.69) is 10.0 Å². The predicted molar refractivity (Wildman–Crippen MR) is 114 cm³/mol. The lowest BCUT2D eigenvalue weighted by Gasteiger charge is -2.17. The topological polar surface area (TPSA) is 111 Å². The van der Waals surface area contributed by atoms with Crippen molar-refractivity contribution in [2.75, 3.05) is 17.6 Å². The second kappa shape index (κ2) is 9.17. The number of nitrogen functional groups attached to an aromatic ring is 1. The summed E-state index contributed by atoms with van der Waals surface area (Å²) in [5, 5.41) is 3.01. The third kappa shape index (κ3) is 5.41. The molecule has 29 heavy (non-hydrogen) atoms. The second-order valence-corrected chi connectivity index (χ2v) is 8.93. The Morgan fingerprint density at radius 3 is 2.31 bits per heavy atom. The number of carbonyl (C=O) groups excluding carboxylic acids is 1. The van der Waals surface area contributed by atoms with Crippen molar-refractivity contribution in [1.82, 2.24) is 5.32 Å². The van der Waals surface area contributed by atoms with Crippen molar-refractivity contribution in [3.63, 3.8) is 0 Å². The molecule has 0 heterocycles. The largest absolute Gasteiger partial charge is 0.497 e. The number of carbonyl (C=O) groups is 1. The Morgan fingerprint density at radius 2 is 1.69 bits per heavy atom. The number of nitrogens with one attached hydrogen (secondary N) is 2. The lowest BCUT2D eigenvalue weighted by Crippen LogP contribution is -2.35. The molecule has 1 fully saturated rings. The van der Waals surface area contributed by atoms with Crippen LogP contribution in [0.2, 0.25) is 0 Å². The van der Waals surface area contributed by atoms with Crippen LogP contribution in [0.25, 0.3) is 0 Å². The Balaban J connectivity index is 1.78. The Morgan fingerprint density at radius 1 is 1.03 bits per heavy atom. The van der Waals surface area contributed by atoms with Crippen molar-refractivity contribution in [1.29, 1.82) is 0 Å². The van der Waals surface area contributed by atoms with Crippen molar-refractivity contribution in [2.45, 2.75) is 49.5 Å². The Kier molecular flexibility index (Phi) is 6.64. The van der Waals surface area contributed by atoms with E-state index in [0.29, 0.717) is 11.4 Å². The van der Waals surface area contributed by atoms with E-state index >= 15 is 0 Å². The molecule has 0 atom stereocenters. The number of anilines is 2. The van der Waals surface area contributed by atoms with Crippen LogP contribution >= 0.6 is 0 Å². The highest BCUT2D eigenvalue weighted by molar-refractivity contribution is 7.92. The van der Waals surface area contributed by atoms with E-state index in [1.54, 1.807) is 24.3 Å². The van der Waals surface area contributed by atoms with Gasteiger partial charge >= 0.3 is 0 Å². The summed E-state index contributed by atoms with van der Waals surface area (Å²) in [5.74, 6) is 0.286. The van der Waals surface area contributed by atoms with E-state index in [0.717, 1.165) is 25.7 Å². The molecule has 7 nitrogen and oxygen atoms in total. The van der Waals surface area contributed by atoms with Crippen molar-refractivity contribution in [3.8, 4) is 5.75 Å². The Labute approximate surface area is 171 Å². The number of hydrogen-bond donors (Lipinski definition) is 3. The first-order valence-corrected chi connectivity index (χ1v) is 11.2. The first-order valence-electron chi connectivity index (χ1n) is 9.76. The maximum Gasteiger partial charge on any atom is 0.261 e. The van der Waals surface area contributed by atoms with Crippen molar-refractivity contribution in [3.05, 3.63) is 48.0 Å². The van der Waals surface area contributed by atoms with E-state index in [-0.39, 0.29) is 28.1 Å². The Bertz CT molecular complexity index is 950. The third-order valence-corrected chi connectivity index (χ3v) is 6.49. The van der Waals surface area contributed by atoms with Crippen LogP contribution in [0.1, 0.15) is 48.9 Å². The molecule has 1 amide bonds. The van der Waals surface area contributed by atoms with Gasteiger partial charge < -0.3 is 15.8 Å². The van der Waals surface area contributed by atoms with E-state index in [4.69, 9.17) is 10.5 Å². The molecule has 8 heteroatoms. The molecular formula is C21H27N3O4S. The summed E-state index contributed by atoms with van der Waals surface area (Å²) in [7, 11) is -2.33. The molecule has 1 aliphatic carbocycles. The summed E-state index contributed by atoms with van der Waals surface area (Å²) in [6.45, 7) is 0. The minimum absolute atomic E-state index is 0.0199. The molecule has 1 saturated carbocycles. The van der Waals surface area contributed by atoms with Crippen molar-refractivity contribution >= 4 is 27.3 Å². The SMILES string of the molecule is COc1ccc(NS(=O)(=O)c2ccc(N)c(C(=O)NC3CCCCCC3)c2)cc1. The summed E-state index contributed by atoms with van der Waals surface area (Å²) in [6, 6.07) is 10.8. The average molecular weight is 418 g/mol. The van der Waals surface area contributed by atoms with Crippen LogP contribution < -0.4 is 20.5 Å². The zero-order chi connectivity index (χ0) is 20.9. The molecule has 0 unspecified atom stereocenters. The van der Waals surface area contributed by atoms with Gasteiger partial charge in [0.05, 0.1) is 17.6 Å². The molecule has 1 aliphatic rings. The quantitative estimate of drug-likeness (QED) is 0.492. The zero-order valence-corrected chi connectivity index (χ0v) is 17.3. The van der Waals surface area contributed by atoms with Gasteiger partial charge in [0, 0.05) is 17.4 Å². The van der Waals surface area contributed by atoms with E-state index in [1.165, 1.54) is 38.2 Å². The fourth-order valence-electron chi connectivity index (χ4n) is 3.46. The minimum atomic E-state index is -3.87. The van der Waals surface area contributed by atoms with Gasteiger partial charge in [-0.2, -0.15) is 0 Å². The lowest BCUT2D eigenvalue weighted by molar-refractivity contribution is 0.0934. The number of hydrogen-bond acceptors (Lipinski definition) is 5. The smallest absolute Gasteiger partial charge is 0.261 e. The Hall–Kier alpha value is -2.74. The number of amides is 1. The van der Waals surface area contributed by atoms with Crippen LogP contribution in [0.4, 0.5) is 11.4 Å². The van der Waals surface area contributed by atoms with Gasteiger partial charge in [-0.1, -0.05) is 25.7 Å². The first-order chi connectivity index (χ1) is 13.9. The molecule has 3 rings (SSSR count). The summed E-state index contributed by atoms with van der Waals surface area (Å²) in [6.07, 6.45) is 6.39. The van der Waals surface area contributed by atoms with Gasteiger partial charge in [0.25, 0.3) is 15.9 Å². The molecule has 156 valence electrons. The standard InChI is InChI=1S/C21H27N3O4S/c1-28-17-10-8-16(9-11-17)24-29(26,27)18-12-13-20(22)19(14-18)21(25)23-15-6-4-2-3-5-7-15/h8-15,24H,2-7,22H2,1H3,(H,23,25). The number of sulfonamides is 1. The number of rotatable bonds is 6. The van der Waals surface area contributed by atoms with Gasteiger partial charge in [0.15, 0.2) is 0 Å². The van der Waals surface area contributed by atoms with Crippen LogP contribution in [0, 0.1) is 0 Å². The summed E-state index contributed by atoms with van der Waals surface area (Å²) in [5.41, 5.74) is 6.78. The fourth-order valence-corrected chi connectivity index (χ4v) is 4.54. The highest BCUT2D eigenvalue weighted by Gasteiger charge is 2.21. The number of ether oxygens (including phenoxy) is 1. The highest BCUT2D eigenvalue weighted by Crippen LogP contribution is 2.23. The fraction of sp³-hybridized carbons (Fsp3) is 0.381. The molecule has 0 spiro atoms. The van der Waals surface area contributed by atoms with E-state index < -0.39 is 10.0 Å². The molecule has 4 N–H and O–H groups in total. The summed E-state index contributed by atoms with van der Waals surface area (Å²) < 4.78 is 33.1. The monoisotopic (exact) mass is 417 g/mol. The third-order valence-electron chi connectivity index (χ3n) is 5.11. The maximum atomic E-state index is 12.8. The molecule has 0 bridgehead atoms. The normalized spacial score (nSPS) is 15.3. The van der Waals surface area contributed by atoms with Gasteiger partial charge in [-0.25, -0.2) is 8.42 Å². The van der Waals surface area contributed by atoms with E-state index in [9.17, 15) is 13.2 Å². The van der Waals surface area contributed by atoms with Gasteiger partial charge in [-0.05, 0) is 55.3 Å². The van der Waals surface area contributed by atoms with Crippen LogP contribution in [0.3, 0.4) is 0 Å². The van der Waals surface area contributed by atoms with Crippen LogP contribution in [-0.2, 0) is 10.0 Å². The molecule has 2 aromatic rings. The van der Waals surface area contributed by atoms with Crippen LogP contribution in [-0.4, -0.2) is 27.5 Å². The van der Waals surface area contributed by atoms with Crippen molar-refractivity contribution in [2.24, 2.45) is 0 Å². The molecule has 2 aromatic carbocycles. The highest BCUT2D eigenvalue weighted by atomic mass is 32.2. The number of benzene rings is 2. The number of methoxy groups -OCH3 is 1. The van der Waals surface area contributed by atoms with Gasteiger partial charge in [0.1, 0.15) is 5.75 Å². The molecular weight excluding hydrogens is 390 g/mol. The molecule has 0 saturated heterocycles. The molecule has 0 radical (unpaired) electrons. The minimum Gasteiger partial charge on any atom is -0.497 e. The summed E-state index contributed by atoms with van der Waals surface area (Å²) in [4.78, 5) is 12.7.